The fourth-order valence-electron chi connectivity index (χ4n) is 3.45. The topological polar surface area (TPSA) is 74.0 Å². The molecule has 1 saturated heterocycles. The Morgan fingerprint density at radius 2 is 1.79 bits per heavy atom. The van der Waals surface area contributed by atoms with Crippen LogP contribution in [0.15, 0.2) is 45.6 Å². The molecular formula is C22H24N2O5. The lowest BCUT2D eigenvalue weighted by Gasteiger charge is -2.26. The van der Waals surface area contributed by atoms with Crippen molar-refractivity contribution in [2.24, 2.45) is 0 Å². The van der Waals surface area contributed by atoms with E-state index in [9.17, 15) is 4.79 Å². The third-order valence-electron chi connectivity index (χ3n) is 4.97. The zero-order chi connectivity index (χ0) is 20.4. The van der Waals surface area contributed by atoms with Gasteiger partial charge in [0.25, 0.3) is 5.56 Å². The molecular weight excluding hydrogens is 372 g/mol. The van der Waals surface area contributed by atoms with Crippen LogP contribution < -0.4 is 19.9 Å². The molecule has 7 heteroatoms. The van der Waals surface area contributed by atoms with Crippen molar-refractivity contribution in [1.82, 2.24) is 4.98 Å². The summed E-state index contributed by atoms with van der Waals surface area (Å²) in [5.74, 6) is 1.47. The van der Waals surface area contributed by atoms with Crippen molar-refractivity contribution in [3.63, 3.8) is 0 Å². The molecule has 0 amide bonds. The molecule has 4 rings (SSSR count). The lowest BCUT2D eigenvalue weighted by atomic mass is 10.0. The number of rotatable bonds is 5. The lowest BCUT2D eigenvalue weighted by Crippen LogP contribution is -2.37. The highest BCUT2D eigenvalue weighted by Crippen LogP contribution is 2.30. The number of methoxy groups -OCH3 is 1. The van der Waals surface area contributed by atoms with Crippen LogP contribution >= 0.6 is 0 Å². The first-order valence-electron chi connectivity index (χ1n) is 9.64. The van der Waals surface area contributed by atoms with Crippen molar-refractivity contribution in [3.05, 3.63) is 57.9 Å². The van der Waals surface area contributed by atoms with Gasteiger partial charge in [-0.1, -0.05) is 0 Å². The molecule has 1 atom stereocenters. The van der Waals surface area contributed by atoms with Crippen molar-refractivity contribution in [3.8, 4) is 11.5 Å². The molecule has 1 aliphatic rings. The van der Waals surface area contributed by atoms with Crippen LogP contribution in [0.25, 0.3) is 11.0 Å². The van der Waals surface area contributed by atoms with Gasteiger partial charge in [-0.15, -0.1) is 0 Å². The number of anilines is 1. The van der Waals surface area contributed by atoms with Crippen LogP contribution in [0.3, 0.4) is 0 Å². The molecule has 1 aliphatic heterocycles. The average molecular weight is 396 g/mol. The average Bonchev–Trinajstić information content (AvgIpc) is 2.74. The quantitative estimate of drug-likeness (QED) is 0.654. The minimum Gasteiger partial charge on any atom is -0.497 e. The fourth-order valence-corrected chi connectivity index (χ4v) is 3.45. The highest BCUT2D eigenvalue weighted by atomic mass is 16.5. The van der Waals surface area contributed by atoms with Gasteiger partial charge >= 0.3 is 6.01 Å². The number of aryl methyl sites for hydroxylation is 1. The van der Waals surface area contributed by atoms with Gasteiger partial charge in [0.15, 0.2) is 5.58 Å². The number of fused-ring (bicyclic) bond motifs is 1. The summed E-state index contributed by atoms with van der Waals surface area (Å²) in [4.78, 5) is 18.8. The van der Waals surface area contributed by atoms with E-state index in [0.717, 1.165) is 16.9 Å². The largest absolute Gasteiger partial charge is 0.497 e. The molecule has 1 unspecified atom stereocenters. The van der Waals surface area contributed by atoms with E-state index < -0.39 is 0 Å². The maximum absolute atomic E-state index is 12.7. The highest BCUT2D eigenvalue weighted by Gasteiger charge is 2.21. The van der Waals surface area contributed by atoms with Crippen molar-refractivity contribution in [1.29, 1.82) is 0 Å². The number of benzene rings is 2. The predicted octanol–water partition coefficient (Wildman–Crippen LogP) is 3.48. The summed E-state index contributed by atoms with van der Waals surface area (Å²) in [7, 11) is 1.62. The summed E-state index contributed by atoms with van der Waals surface area (Å²) in [6, 6.07) is 11.5. The maximum Gasteiger partial charge on any atom is 0.301 e. The number of hydrogen-bond donors (Lipinski definition) is 0. The summed E-state index contributed by atoms with van der Waals surface area (Å²) in [6.07, 6.45) is -0.325. The Hall–Kier alpha value is -3.06. The van der Waals surface area contributed by atoms with Gasteiger partial charge in [0.2, 0.25) is 0 Å². The van der Waals surface area contributed by atoms with Crippen LogP contribution in [-0.4, -0.2) is 38.4 Å². The zero-order valence-corrected chi connectivity index (χ0v) is 16.8. The smallest absolute Gasteiger partial charge is 0.301 e. The van der Waals surface area contributed by atoms with E-state index in [2.05, 4.69) is 4.98 Å². The Balaban J connectivity index is 1.73. The van der Waals surface area contributed by atoms with Crippen molar-refractivity contribution in [2.45, 2.75) is 20.0 Å². The number of morpholine rings is 1. The first kappa shape index (κ1) is 19.3. The number of nitrogens with zero attached hydrogens (tertiary/aromatic N) is 2. The minimum absolute atomic E-state index is 0.297. The van der Waals surface area contributed by atoms with Crippen molar-refractivity contribution >= 4 is 17.0 Å². The van der Waals surface area contributed by atoms with E-state index >= 15 is 0 Å². The van der Waals surface area contributed by atoms with Gasteiger partial charge in [0.1, 0.15) is 17.6 Å². The summed E-state index contributed by atoms with van der Waals surface area (Å²) in [5, 5.41) is 0.460. The number of ether oxygens (including phenoxy) is 3. The molecule has 3 aromatic rings. The third kappa shape index (κ3) is 4.05. The Bertz CT molecular complexity index is 1060. The normalized spacial score (nSPS) is 15.3. The van der Waals surface area contributed by atoms with Gasteiger partial charge in [-0.2, -0.15) is 4.98 Å². The van der Waals surface area contributed by atoms with Crippen LogP contribution in [0.2, 0.25) is 0 Å². The molecule has 0 bridgehead atoms. The summed E-state index contributed by atoms with van der Waals surface area (Å²) >= 11 is 0. The first-order valence-corrected chi connectivity index (χ1v) is 9.64. The number of aromatic nitrogens is 1. The standard InChI is InChI=1S/C22H24N2O5/c1-14-12-18(15(2)28-17-6-4-16(26-3)5-7-17)20-19(13-14)21(25)23-22(29-20)24-8-10-27-11-9-24/h4-7,12-13,15H,8-11H2,1-3H3. The molecule has 1 fully saturated rings. The van der Waals surface area contributed by atoms with Gasteiger partial charge in [-0.25, -0.2) is 0 Å². The van der Waals surface area contributed by atoms with E-state index in [4.69, 9.17) is 18.6 Å². The van der Waals surface area contributed by atoms with E-state index in [1.807, 2.05) is 49.1 Å². The molecule has 0 saturated carbocycles. The van der Waals surface area contributed by atoms with Gasteiger partial charge in [0.05, 0.1) is 25.7 Å². The first-order chi connectivity index (χ1) is 14.0. The summed E-state index contributed by atoms with van der Waals surface area (Å²) in [5.41, 5.74) is 1.98. The van der Waals surface area contributed by atoms with E-state index in [0.29, 0.717) is 49.0 Å². The van der Waals surface area contributed by atoms with Crippen LogP contribution in [0, 0.1) is 6.92 Å². The molecule has 0 radical (unpaired) electrons. The SMILES string of the molecule is COc1ccc(OC(C)c2cc(C)cc3c(=O)nc(N4CCOCC4)oc23)cc1. The molecule has 1 aromatic heterocycles. The van der Waals surface area contributed by atoms with Crippen molar-refractivity contribution < 1.29 is 18.6 Å². The molecule has 0 aliphatic carbocycles. The maximum atomic E-state index is 12.7. The van der Waals surface area contributed by atoms with Crippen molar-refractivity contribution in [2.75, 3.05) is 38.3 Å². The van der Waals surface area contributed by atoms with Gasteiger partial charge in [0, 0.05) is 18.7 Å². The monoisotopic (exact) mass is 396 g/mol. The van der Waals surface area contributed by atoms with Gasteiger partial charge in [-0.3, -0.25) is 4.79 Å². The van der Waals surface area contributed by atoms with Crippen LogP contribution in [0.1, 0.15) is 24.2 Å². The van der Waals surface area contributed by atoms with Crippen LogP contribution in [0.4, 0.5) is 6.01 Å². The Morgan fingerprint density at radius 1 is 1.10 bits per heavy atom. The highest BCUT2D eigenvalue weighted by molar-refractivity contribution is 5.81. The van der Waals surface area contributed by atoms with Crippen LogP contribution in [0.5, 0.6) is 11.5 Å². The molecule has 2 aromatic carbocycles. The predicted molar refractivity (Wildman–Crippen MR) is 110 cm³/mol. The molecule has 152 valence electrons. The zero-order valence-electron chi connectivity index (χ0n) is 16.8. The van der Waals surface area contributed by atoms with Gasteiger partial charge in [-0.05, 0) is 55.8 Å². The second-order valence-electron chi connectivity index (χ2n) is 7.07. The minimum atomic E-state index is -0.325. The van der Waals surface area contributed by atoms with E-state index in [-0.39, 0.29) is 11.7 Å². The van der Waals surface area contributed by atoms with E-state index in [1.165, 1.54) is 0 Å². The Labute approximate surface area is 168 Å². The Kier molecular flexibility index (Phi) is 5.40. The molecule has 29 heavy (non-hydrogen) atoms. The molecule has 7 nitrogen and oxygen atoms in total. The fraction of sp³-hybridized carbons (Fsp3) is 0.364. The molecule has 0 spiro atoms. The van der Waals surface area contributed by atoms with E-state index in [1.54, 1.807) is 13.2 Å². The third-order valence-corrected chi connectivity index (χ3v) is 4.97. The molecule has 0 N–H and O–H groups in total. The second kappa shape index (κ2) is 8.13. The summed E-state index contributed by atoms with van der Waals surface area (Å²) in [6.45, 7) is 6.33. The van der Waals surface area contributed by atoms with Gasteiger partial charge < -0.3 is 23.5 Å². The summed E-state index contributed by atoms with van der Waals surface area (Å²) < 4.78 is 22.8. The lowest BCUT2D eigenvalue weighted by molar-refractivity contribution is 0.120. The Morgan fingerprint density at radius 3 is 2.48 bits per heavy atom. The molecule has 2 heterocycles. The second-order valence-corrected chi connectivity index (χ2v) is 7.07. The number of hydrogen-bond acceptors (Lipinski definition) is 7. The van der Waals surface area contributed by atoms with Crippen LogP contribution in [-0.2, 0) is 4.74 Å².